The molecule has 0 bridgehead atoms. The fourth-order valence-corrected chi connectivity index (χ4v) is 5.81. The molecule has 3 N–H and O–H groups in total. The lowest BCUT2D eigenvalue weighted by Gasteiger charge is -2.20. The van der Waals surface area contributed by atoms with Gasteiger partial charge in [0.2, 0.25) is 0 Å². The number of hydrogen-bond acceptors (Lipinski definition) is 6. The van der Waals surface area contributed by atoms with Crippen LogP contribution in [0.2, 0.25) is 0 Å². The standard InChI is InChI=1S/C33H29BrN4O5S/c1-3-20(2)29(33(41)42)36-31(39)21-12-14-23(15-13-21)38-19-26(30(37-38)27-16-17-28(34)44-27)32(40)35-22-8-7-11-25(18-22)43-24-9-5-4-6-10-24/h4-20,29H,3H2,1-2H3,(H,35,40)(H,36,39)(H,41,42). The molecule has 44 heavy (non-hydrogen) atoms. The van der Waals surface area contributed by atoms with E-state index in [1.165, 1.54) is 11.3 Å². The number of carboxylic acid groups (broad SMARTS) is 1. The molecule has 2 heterocycles. The van der Waals surface area contributed by atoms with E-state index in [1.54, 1.807) is 60.3 Å². The summed E-state index contributed by atoms with van der Waals surface area (Å²) in [5, 5.41) is 19.8. The van der Waals surface area contributed by atoms with Crippen molar-refractivity contribution in [3.8, 4) is 27.8 Å². The molecule has 5 aromatic rings. The highest BCUT2D eigenvalue weighted by Gasteiger charge is 2.26. The van der Waals surface area contributed by atoms with Crippen LogP contribution in [0.25, 0.3) is 16.3 Å². The minimum Gasteiger partial charge on any atom is -0.480 e. The normalized spacial score (nSPS) is 12.2. The Morgan fingerprint density at radius 2 is 1.68 bits per heavy atom. The summed E-state index contributed by atoms with van der Waals surface area (Å²) in [5.41, 5.74) is 2.34. The van der Waals surface area contributed by atoms with Gasteiger partial charge in [-0.1, -0.05) is 44.5 Å². The Hall–Kier alpha value is -4.74. The van der Waals surface area contributed by atoms with Crippen LogP contribution in [0.3, 0.4) is 0 Å². The van der Waals surface area contributed by atoms with Gasteiger partial charge in [0.1, 0.15) is 23.2 Å². The smallest absolute Gasteiger partial charge is 0.326 e. The van der Waals surface area contributed by atoms with E-state index in [4.69, 9.17) is 9.84 Å². The number of nitrogens with zero attached hydrogens (tertiary/aromatic N) is 2. The molecule has 2 aromatic heterocycles. The van der Waals surface area contributed by atoms with Crippen LogP contribution >= 0.6 is 27.3 Å². The van der Waals surface area contributed by atoms with Gasteiger partial charge in [0.05, 0.1) is 19.9 Å². The summed E-state index contributed by atoms with van der Waals surface area (Å²) in [4.78, 5) is 38.8. The Labute approximate surface area is 266 Å². The molecule has 11 heteroatoms. The van der Waals surface area contributed by atoms with Crippen LogP contribution in [0.1, 0.15) is 41.0 Å². The Bertz CT molecular complexity index is 1790. The van der Waals surface area contributed by atoms with Crippen LogP contribution in [-0.4, -0.2) is 38.7 Å². The molecule has 0 spiro atoms. The molecule has 2 atom stereocenters. The topological polar surface area (TPSA) is 123 Å². The molecule has 3 aromatic carbocycles. The number of carbonyl (C=O) groups excluding carboxylic acids is 2. The van der Waals surface area contributed by atoms with E-state index in [0.717, 1.165) is 8.66 Å². The van der Waals surface area contributed by atoms with E-state index in [2.05, 4.69) is 26.6 Å². The maximum absolute atomic E-state index is 13.6. The quantitative estimate of drug-likeness (QED) is 0.133. The van der Waals surface area contributed by atoms with Gasteiger partial charge in [-0.05, 0) is 82.5 Å². The summed E-state index contributed by atoms with van der Waals surface area (Å²) >= 11 is 4.94. The van der Waals surface area contributed by atoms with Crippen LogP contribution in [-0.2, 0) is 4.79 Å². The lowest BCUT2D eigenvalue weighted by molar-refractivity contribution is -0.140. The van der Waals surface area contributed by atoms with Gasteiger partial charge in [-0.3, -0.25) is 9.59 Å². The Morgan fingerprint density at radius 3 is 2.34 bits per heavy atom. The van der Waals surface area contributed by atoms with Crippen molar-refractivity contribution in [1.29, 1.82) is 0 Å². The zero-order valence-corrected chi connectivity index (χ0v) is 26.3. The van der Waals surface area contributed by atoms with Crippen LogP contribution < -0.4 is 15.4 Å². The largest absolute Gasteiger partial charge is 0.480 e. The summed E-state index contributed by atoms with van der Waals surface area (Å²) in [7, 11) is 0. The summed E-state index contributed by atoms with van der Waals surface area (Å²) in [6.07, 6.45) is 2.25. The number of nitrogens with one attached hydrogen (secondary N) is 2. The van der Waals surface area contributed by atoms with Crippen molar-refractivity contribution in [3.05, 3.63) is 112 Å². The van der Waals surface area contributed by atoms with Crippen LogP contribution in [0.5, 0.6) is 11.5 Å². The molecule has 9 nitrogen and oxygen atoms in total. The summed E-state index contributed by atoms with van der Waals surface area (Å²) in [5.74, 6) is -0.867. The third-order valence-corrected chi connectivity index (χ3v) is 8.63. The highest BCUT2D eigenvalue weighted by Crippen LogP contribution is 2.34. The van der Waals surface area contributed by atoms with Crippen molar-refractivity contribution in [3.63, 3.8) is 0 Å². The molecule has 0 aliphatic heterocycles. The molecular formula is C33H29BrN4O5S. The van der Waals surface area contributed by atoms with Gasteiger partial charge in [-0.25, -0.2) is 9.48 Å². The molecule has 0 saturated heterocycles. The molecule has 2 unspecified atom stereocenters. The number of aliphatic carboxylic acids is 1. The van der Waals surface area contributed by atoms with Crippen molar-refractivity contribution < 1.29 is 24.2 Å². The molecule has 0 radical (unpaired) electrons. The minimum atomic E-state index is -1.07. The van der Waals surface area contributed by atoms with E-state index in [-0.39, 0.29) is 11.8 Å². The molecule has 0 saturated carbocycles. The Balaban J connectivity index is 1.39. The number of thiophene rings is 1. The number of aromatic nitrogens is 2. The van der Waals surface area contributed by atoms with Crippen LogP contribution in [0.4, 0.5) is 5.69 Å². The number of para-hydroxylation sites is 1. The number of ether oxygens (including phenoxy) is 1. The predicted octanol–water partition coefficient (Wildman–Crippen LogP) is 7.64. The molecule has 0 aliphatic rings. The third kappa shape index (κ3) is 7.24. The second-order valence-corrected chi connectivity index (χ2v) is 12.5. The van der Waals surface area contributed by atoms with Gasteiger partial charge in [0.25, 0.3) is 11.8 Å². The number of amides is 2. The lowest BCUT2D eigenvalue weighted by Crippen LogP contribution is -2.45. The first kappa shape index (κ1) is 30.7. The van der Waals surface area contributed by atoms with Gasteiger partial charge in [-0.15, -0.1) is 11.3 Å². The number of rotatable bonds is 11. The zero-order valence-electron chi connectivity index (χ0n) is 23.9. The fraction of sp³-hybridized carbons (Fsp3) is 0.152. The van der Waals surface area contributed by atoms with Gasteiger partial charge >= 0.3 is 5.97 Å². The van der Waals surface area contributed by atoms with E-state index >= 15 is 0 Å². The SMILES string of the molecule is CCC(C)C(NC(=O)c1ccc(-n2cc(C(=O)Nc3cccc(Oc4ccccc4)c3)c(-c3ccc(Br)s3)n2)cc1)C(=O)O. The van der Waals surface area contributed by atoms with Gasteiger partial charge in [-0.2, -0.15) is 5.10 Å². The molecule has 5 rings (SSSR count). The maximum atomic E-state index is 13.6. The van der Waals surface area contributed by atoms with E-state index < -0.39 is 17.9 Å². The predicted molar refractivity (Wildman–Crippen MR) is 174 cm³/mol. The Kier molecular flexibility index (Phi) is 9.56. The van der Waals surface area contributed by atoms with Crippen LogP contribution in [0.15, 0.2) is 101 Å². The molecular weight excluding hydrogens is 644 g/mol. The zero-order chi connectivity index (χ0) is 31.2. The molecule has 0 fully saturated rings. The molecule has 224 valence electrons. The van der Waals surface area contributed by atoms with Gasteiger partial charge < -0.3 is 20.5 Å². The number of benzene rings is 3. The first-order valence-electron chi connectivity index (χ1n) is 13.9. The van der Waals surface area contributed by atoms with Crippen molar-refractivity contribution in [1.82, 2.24) is 15.1 Å². The first-order chi connectivity index (χ1) is 21.2. The number of hydrogen-bond donors (Lipinski definition) is 3. The second kappa shape index (κ2) is 13.7. The number of carboxylic acids is 1. The van der Waals surface area contributed by atoms with Gasteiger partial charge in [0.15, 0.2) is 0 Å². The van der Waals surface area contributed by atoms with E-state index in [0.29, 0.717) is 46.1 Å². The number of anilines is 1. The fourth-order valence-electron chi connectivity index (χ4n) is 4.43. The number of carbonyl (C=O) groups is 3. The van der Waals surface area contributed by atoms with Crippen molar-refractivity contribution >= 4 is 50.7 Å². The highest BCUT2D eigenvalue weighted by atomic mass is 79.9. The molecule has 0 aliphatic carbocycles. The monoisotopic (exact) mass is 672 g/mol. The summed E-state index contributed by atoms with van der Waals surface area (Å²) in [6, 6.07) is 25.9. The summed E-state index contributed by atoms with van der Waals surface area (Å²) in [6.45, 7) is 3.66. The van der Waals surface area contributed by atoms with E-state index in [1.807, 2.05) is 55.5 Å². The average Bonchev–Trinajstić information content (AvgIpc) is 3.67. The first-order valence-corrected chi connectivity index (χ1v) is 15.5. The average molecular weight is 674 g/mol. The van der Waals surface area contributed by atoms with Crippen molar-refractivity contribution in [2.45, 2.75) is 26.3 Å². The van der Waals surface area contributed by atoms with E-state index in [9.17, 15) is 19.5 Å². The minimum absolute atomic E-state index is 0.223. The summed E-state index contributed by atoms with van der Waals surface area (Å²) < 4.78 is 8.38. The maximum Gasteiger partial charge on any atom is 0.326 e. The van der Waals surface area contributed by atoms with Crippen molar-refractivity contribution in [2.75, 3.05) is 5.32 Å². The second-order valence-electron chi connectivity index (χ2n) is 10.1. The molecule has 2 amide bonds. The van der Waals surface area contributed by atoms with Crippen molar-refractivity contribution in [2.24, 2.45) is 5.92 Å². The highest BCUT2D eigenvalue weighted by molar-refractivity contribution is 9.11. The third-order valence-electron chi connectivity index (χ3n) is 7.00. The number of halogens is 1. The van der Waals surface area contributed by atoms with Gasteiger partial charge in [0, 0.05) is 23.5 Å². The Morgan fingerprint density at radius 1 is 0.955 bits per heavy atom. The van der Waals surface area contributed by atoms with Crippen LogP contribution in [0, 0.1) is 5.92 Å². The lowest BCUT2D eigenvalue weighted by atomic mass is 9.99.